The summed E-state index contributed by atoms with van der Waals surface area (Å²) in [5, 5.41) is 3.20. The largest absolute Gasteiger partial charge is 0.463 e. The second kappa shape index (κ2) is 8.68. The Bertz CT molecular complexity index is 301. The Kier molecular flexibility index (Phi) is 6.76. The lowest BCUT2D eigenvalue weighted by atomic mass is 10.2. The Balaban J connectivity index is 0.000000181. The first-order valence-electron chi connectivity index (χ1n) is 5.38. The van der Waals surface area contributed by atoms with Crippen LogP contribution in [0, 0.1) is 0 Å². The van der Waals surface area contributed by atoms with Crippen molar-refractivity contribution in [2.24, 2.45) is 0 Å². The third-order valence-electron chi connectivity index (χ3n) is 2.08. The van der Waals surface area contributed by atoms with Crippen molar-refractivity contribution in [1.82, 2.24) is 5.32 Å². The molecule has 1 aliphatic rings. The minimum atomic E-state index is 0.365. The van der Waals surface area contributed by atoms with Gasteiger partial charge < -0.3 is 10.1 Å². The molecule has 0 radical (unpaired) electrons. The molecule has 0 unspecified atom stereocenters. The predicted octanol–water partition coefficient (Wildman–Crippen LogP) is 1.90. The monoisotopic (exact) mass is 219 g/mol. The van der Waals surface area contributed by atoms with Crippen molar-refractivity contribution >= 4 is 6.47 Å². The molecule has 0 saturated heterocycles. The maximum Gasteiger partial charge on any atom is 0.293 e. The minimum Gasteiger partial charge on any atom is -0.463 e. The molecular weight excluding hydrogens is 202 g/mol. The van der Waals surface area contributed by atoms with Gasteiger partial charge in [-0.05, 0) is 18.5 Å². The van der Waals surface area contributed by atoms with Gasteiger partial charge in [-0.1, -0.05) is 42.5 Å². The molecule has 16 heavy (non-hydrogen) atoms. The second-order valence-electron chi connectivity index (χ2n) is 3.36. The Morgan fingerprint density at radius 3 is 2.50 bits per heavy atom. The Labute approximate surface area is 96.1 Å². The lowest BCUT2D eigenvalue weighted by Gasteiger charge is -2.01. The summed E-state index contributed by atoms with van der Waals surface area (Å²) in [5.41, 5.74) is 1.01. The Hall–Kier alpha value is -1.61. The summed E-state index contributed by atoms with van der Waals surface area (Å²) >= 11 is 0. The first-order valence-corrected chi connectivity index (χ1v) is 5.38. The summed E-state index contributed by atoms with van der Waals surface area (Å²) in [6, 6.07) is 9.55. The van der Waals surface area contributed by atoms with E-state index < -0.39 is 0 Å². The van der Waals surface area contributed by atoms with Crippen LogP contribution in [0.5, 0.6) is 0 Å². The van der Waals surface area contributed by atoms with E-state index in [1.165, 1.54) is 6.42 Å². The molecule has 1 aliphatic heterocycles. The van der Waals surface area contributed by atoms with E-state index in [-0.39, 0.29) is 0 Å². The quantitative estimate of drug-likeness (QED) is 0.623. The number of rotatable bonds is 3. The summed E-state index contributed by atoms with van der Waals surface area (Å²) in [5.74, 6) is 0. The van der Waals surface area contributed by atoms with Crippen LogP contribution in [0.25, 0.3) is 0 Å². The number of nitrogens with one attached hydrogen (secondary N) is 1. The number of ether oxygens (including phenoxy) is 1. The molecule has 0 spiro atoms. The van der Waals surface area contributed by atoms with Gasteiger partial charge in [0.15, 0.2) is 0 Å². The van der Waals surface area contributed by atoms with Crippen LogP contribution in [0.3, 0.4) is 0 Å². The molecule has 0 aromatic heterocycles. The Morgan fingerprint density at radius 1 is 1.25 bits per heavy atom. The number of carbonyl (C=O) groups excluding carboxylic acids is 1. The number of benzene rings is 1. The van der Waals surface area contributed by atoms with Crippen LogP contribution in [0.4, 0.5) is 0 Å². The average Bonchev–Trinajstić information content (AvgIpc) is 2.40. The fourth-order valence-electron chi connectivity index (χ4n) is 1.28. The lowest BCUT2D eigenvalue weighted by molar-refractivity contribution is -0.129. The molecule has 0 fully saturated rings. The van der Waals surface area contributed by atoms with Gasteiger partial charge in [0.25, 0.3) is 6.47 Å². The van der Waals surface area contributed by atoms with Gasteiger partial charge in [0.1, 0.15) is 6.61 Å². The number of hydrogen-bond acceptors (Lipinski definition) is 3. The normalized spacial score (nSPS) is 13.5. The molecule has 0 amide bonds. The van der Waals surface area contributed by atoms with Gasteiger partial charge in [-0.25, -0.2) is 0 Å². The van der Waals surface area contributed by atoms with Crippen LogP contribution >= 0.6 is 0 Å². The van der Waals surface area contributed by atoms with Gasteiger partial charge in [0.2, 0.25) is 0 Å². The summed E-state index contributed by atoms with van der Waals surface area (Å²) in [4.78, 5) is 9.76. The molecule has 3 heteroatoms. The molecule has 0 aliphatic carbocycles. The molecule has 0 bridgehead atoms. The number of hydrogen-bond donors (Lipinski definition) is 1. The maximum atomic E-state index is 9.76. The van der Waals surface area contributed by atoms with E-state index in [1.807, 2.05) is 30.3 Å². The van der Waals surface area contributed by atoms with Crippen molar-refractivity contribution in [3.63, 3.8) is 0 Å². The highest BCUT2D eigenvalue weighted by atomic mass is 16.5. The fraction of sp³-hybridized carbons (Fsp3) is 0.308. The third kappa shape index (κ3) is 5.98. The van der Waals surface area contributed by atoms with Gasteiger partial charge in [0.05, 0.1) is 0 Å². The summed E-state index contributed by atoms with van der Waals surface area (Å²) in [6.45, 7) is 3.05. The Morgan fingerprint density at radius 2 is 2.06 bits per heavy atom. The standard InChI is InChI=1S/C8H8O2.C5H9N/c9-7-10-6-8-4-2-1-3-5-8;1-2-4-6-5-3-1/h1-5,7H,6H2;1-2,6H,3-5H2. The van der Waals surface area contributed by atoms with E-state index >= 15 is 0 Å². The van der Waals surface area contributed by atoms with Crippen LogP contribution in [0.15, 0.2) is 42.5 Å². The smallest absolute Gasteiger partial charge is 0.293 e. The molecule has 1 aromatic carbocycles. The zero-order valence-electron chi connectivity index (χ0n) is 9.26. The van der Waals surface area contributed by atoms with Gasteiger partial charge in [-0.15, -0.1) is 0 Å². The molecule has 86 valence electrons. The first kappa shape index (κ1) is 12.5. The van der Waals surface area contributed by atoms with E-state index in [9.17, 15) is 4.79 Å². The van der Waals surface area contributed by atoms with Crippen LogP contribution in [0.1, 0.15) is 12.0 Å². The molecule has 0 saturated carbocycles. The molecule has 2 rings (SSSR count). The van der Waals surface area contributed by atoms with Crippen molar-refractivity contribution in [3.8, 4) is 0 Å². The molecular formula is C13H17NO2. The highest BCUT2D eigenvalue weighted by Crippen LogP contribution is 1.98. The van der Waals surface area contributed by atoms with Crippen LogP contribution < -0.4 is 5.32 Å². The molecule has 1 aromatic rings. The zero-order chi connectivity index (χ0) is 11.5. The summed E-state index contributed by atoms with van der Waals surface area (Å²) in [7, 11) is 0. The van der Waals surface area contributed by atoms with Crippen molar-refractivity contribution < 1.29 is 9.53 Å². The predicted molar refractivity (Wildman–Crippen MR) is 63.9 cm³/mol. The van der Waals surface area contributed by atoms with Crippen molar-refractivity contribution in [3.05, 3.63) is 48.0 Å². The molecule has 3 nitrogen and oxygen atoms in total. The van der Waals surface area contributed by atoms with Crippen LogP contribution in [-0.2, 0) is 16.1 Å². The molecule has 1 N–H and O–H groups in total. The van der Waals surface area contributed by atoms with Crippen LogP contribution in [0.2, 0.25) is 0 Å². The fourth-order valence-corrected chi connectivity index (χ4v) is 1.28. The van der Waals surface area contributed by atoms with Crippen LogP contribution in [-0.4, -0.2) is 19.6 Å². The first-order chi connectivity index (χ1) is 7.93. The highest BCUT2D eigenvalue weighted by molar-refractivity contribution is 5.37. The average molecular weight is 219 g/mol. The van der Waals surface area contributed by atoms with E-state index in [1.54, 1.807) is 0 Å². The van der Waals surface area contributed by atoms with E-state index in [0.29, 0.717) is 13.1 Å². The molecule has 1 heterocycles. The number of carbonyl (C=O) groups is 1. The summed E-state index contributed by atoms with van der Waals surface area (Å²) in [6.07, 6.45) is 5.57. The van der Waals surface area contributed by atoms with Crippen molar-refractivity contribution in [1.29, 1.82) is 0 Å². The van der Waals surface area contributed by atoms with E-state index in [4.69, 9.17) is 0 Å². The van der Waals surface area contributed by atoms with Gasteiger partial charge >= 0.3 is 0 Å². The van der Waals surface area contributed by atoms with Crippen molar-refractivity contribution in [2.75, 3.05) is 13.1 Å². The topological polar surface area (TPSA) is 38.3 Å². The highest BCUT2D eigenvalue weighted by Gasteiger charge is 1.87. The second-order valence-corrected chi connectivity index (χ2v) is 3.36. The van der Waals surface area contributed by atoms with E-state index in [2.05, 4.69) is 22.2 Å². The summed E-state index contributed by atoms with van der Waals surface area (Å²) < 4.78 is 4.54. The van der Waals surface area contributed by atoms with Gasteiger partial charge in [-0.2, -0.15) is 0 Å². The van der Waals surface area contributed by atoms with Gasteiger partial charge in [0, 0.05) is 6.54 Å². The maximum absolute atomic E-state index is 9.76. The molecule has 0 atom stereocenters. The van der Waals surface area contributed by atoms with Gasteiger partial charge in [-0.3, -0.25) is 4.79 Å². The third-order valence-corrected chi connectivity index (χ3v) is 2.08. The van der Waals surface area contributed by atoms with Crippen molar-refractivity contribution in [2.45, 2.75) is 13.0 Å². The minimum absolute atomic E-state index is 0.365. The van der Waals surface area contributed by atoms with E-state index in [0.717, 1.165) is 18.7 Å². The lowest BCUT2D eigenvalue weighted by Crippen LogP contribution is -2.17. The SMILES string of the molecule is C1=CCNCC1.O=COCc1ccccc1. The zero-order valence-corrected chi connectivity index (χ0v) is 9.26.